The van der Waals surface area contributed by atoms with Crippen LogP contribution in [-0.4, -0.2) is 44.9 Å². The maximum Gasteiger partial charge on any atom is 0.262 e. The number of carbonyl (C=O) groups excluding carboxylic acids is 2. The van der Waals surface area contributed by atoms with E-state index in [0.717, 1.165) is 41.5 Å². The van der Waals surface area contributed by atoms with Gasteiger partial charge in [0, 0.05) is 29.9 Å². The number of carbonyl (C=O) groups is 2. The van der Waals surface area contributed by atoms with Crippen LogP contribution < -0.4 is 10.9 Å². The van der Waals surface area contributed by atoms with Gasteiger partial charge in [0.1, 0.15) is 4.83 Å². The number of hydrogen-bond donors (Lipinski definition) is 1. The molecule has 0 aromatic carbocycles. The van der Waals surface area contributed by atoms with Gasteiger partial charge in [-0.3, -0.25) is 19.0 Å². The van der Waals surface area contributed by atoms with E-state index in [0.29, 0.717) is 6.54 Å². The second kappa shape index (κ2) is 8.65. The summed E-state index contributed by atoms with van der Waals surface area (Å²) < 4.78 is 1.53. The van der Waals surface area contributed by atoms with Crippen molar-refractivity contribution in [3.63, 3.8) is 0 Å². The highest BCUT2D eigenvalue weighted by molar-refractivity contribution is 7.18. The van der Waals surface area contributed by atoms with Crippen molar-refractivity contribution in [2.45, 2.75) is 71.9 Å². The minimum atomic E-state index is -0.340. The average Bonchev–Trinajstić information content (AvgIpc) is 3.03. The van der Waals surface area contributed by atoms with Crippen molar-refractivity contribution in [2.24, 2.45) is 0 Å². The molecule has 2 aromatic heterocycles. The molecular weight excluding hydrogens is 388 g/mol. The molecule has 0 saturated heterocycles. The zero-order chi connectivity index (χ0) is 21.2. The quantitative estimate of drug-likeness (QED) is 0.781. The summed E-state index contributed by atoms with van der Waals surface area (Å²) in [6.45, 7) is 8.30. The summed E-state index contributed by atoms with van der Waals surface area (Å²) >= 11 is 1.62. The van der Waals surface area contributed by atoms with Crippen molar-refractivity contribution < 1.29 is 9.59 Å². The van der Waals surface area contributed by atoms with Crippen LogP contribution in [0.4, 0.5) is 0 Å². The lowest BCUT2D eigenvalue weighted by molar-refractivity contribution is -0.136. The van der Waals surface area contributed by atoms with Gasteiger partial charge in [-0.2, -0.15) is 0 Å². The van der Waals surface area contributed by atoms with Crippen molar-refractivity contribution >= 4 is 33.4 Å². The first-order valence-electron chi connectivity index (χ1n) is 10.3. The van der Waals surface area contributed by atoms with Crippen LogP contribution in [0.15, 0.2) is 11.1 Å². The number of aromatic nitrogens is 2. The van der Waals surface area contributed by atoms with Crippen LogP contribution in [0.2, 0.25) is 0 Å². The number of aryl methyl sites for hydroxylation is 3. The minimum Gasteiger partial charge on any atom is -0.350 e. The van der Waals surface area contributed by atoms with E-state index in [-0.39, 0.29) is 42.4 Å². The van der Waals surface area contributed by atoms with Gasteiger partial charge >= 0.3 is 0 Å². The number of hydrogen-bond acceptors (Lipinski definition) is 5. The van der Waals surface area contributed by atoms with E-state index in [1.807, 2.05) is 27.7 Å². The van der Waals surface area contributed by atoms with E-state index in [1.165, 1.54) is 14.3 Å². The molecule has 0 atom stereocenters. The lowest BCUT2D eigenvalue weighted by Gasteiger charge is -2.25. The maximum absolute atomic E-state index is 13.0. The molecule has 0 spiro atoms. The Morgan fingerprint density at radius 2 is 2.00 bits per heavy atom. The molecule has 1 aliphatic carbocycles. The molecule has 0 fully saturated rings. The standard InChI is InChI=1S/C21H30N4O3S/c1-5-24(12-16(26)23-21(2,3)4)17(27)10-11-25-13-22-19-18(20(25)28)14-8-6-7-9-15(14)29-19/h13H,5-12H2,1-4H3,(H,23,26). The molecular formula is C21H30N4O3S. The fourth-order valence-electron chi connectivity index (χ4n) is 3.72. The molecule has 7 nitrogen and oxygen atoms in total. The minimum absolute atomic E-state index is 0.0246. The van der Waals surface area contributed by atoms with Gasteiger partial charge in [-0.05, 0) is 58.9 Å². The molecule has 8 heteroatoms. The summed E-state index contributed by atoms with van der Waals surface area (Å²) in [7, 11) is 0. The normalized spacial score (nSPS) is 13.9. The molecule has 0 unspecified atom stereocenters. The van der Waals surface area contributed by atoms with Gasteiger partial charge in [-0.15, -0.1) is 11.3 Å². The van der Waals surface area contributed by atoms with E-state index < -0.39 is 0 Å². The second-order valence-electron chi connectivity index (χ2n) is 8.59. The topological polar surface area (TPSA) is 84.3 Å². The number of thiophene rings is 1. The Bertz CT molecular complexity index is 971. The molecule has 0 radical (unpaired) electrons. The smallest absolute Gasteiger partial charge is 0.262 e. The van der Waals surface area contributed by atoms with E-state index in [9.17, 15) is 14.4 Å². The zero-order valence-corrected chi connectivity index (χ0v) is 18.5. The van der Waals surface area contributed by atoms with E-state index >= 15 is 0 Å². The van der Waals surface area contributed by atoms with Gasteiger partial charge in [0.05, 0.1) is 18.3 Å². The molecule has 1 N–H and O–H groups in total. The number of nitrogens with zero attached hydrogens (tertiary/aromatic N) is 3. The highest BCUT2D eigenvalue weighted by Crippen LogP contribution is 2.33. The first kappa shape index (κ1) is 21.5. The van der Waals surface area contributed by atoms with Crippen LogP contribution in [0.3, 0.4) is 0 Å². The lowest BCUT2D eigenvalue weighted by atomic mass is 9.97. The number of fused-ring (bicyclic) bond motifs is 3. The Hall–Kier alpha value is -2.22. The Morgan fingerprint density at radius 3 is 2.69 bits per heavy atom. The van der Waals surface area contributed by atoms with Crippen molar-refractivity contribution in [1.29, 1.82) is 0 Å². The molecule has 29 heavy (non-hydrogen) atoms. The summed E-state index contributed by atoms with van der Waals surface area (Å²) in [5.74, 6) is -0.325. The summed E-state index contributed by atoms with van der Waals surface area (Å²) in [4.78, 5) is 45.8. The number of amides is 2. The fraction of sp³-hybridized carbons (Fsp3) is 0.619. The molecule has 3 rings (SSSR count). The zero-order valence-electron chi connectivity index (χ0n) is 17.7. The van der Waals surface area contributed by atoms with Crippen LogP contribution in [0.5, 0.6) is 0 Å². The summed E-state index contributed by atoms with van der Waals surface area (Å²) in [6, 6.07) is 0. The highest BCUT2D eigenvalue weighted by atomic mass is 32.1. The van der Waals surface area contributed by atoms with Crippen LogP contribution in [0, 0.1) is 0 Å². The third-order valence-corrected chi connectivity index (χ3v) is 6.29. The predicted molar refractivity (Wildman–Crippen MR) is 115 cm³/mol. The van der Waals surface area contributed by atoms with Crippen molar-refractivity contribution in [1.82, 2.24) is 19.8 Å². The molecule has 2 aromatic rings. The van der Waals surface area contributed by atoms with Gasteiger partial charge < -0.3 is 10.2 Å². The van der Waals surface area contributed by atoms with Crippen LogP contribution in [0.1, 0.15) is 57.4 Å². The van der Waals surface area contributed by atoms with Crippen molar-refractivity contribution in [3.05, 3.63) is 27.1 Å². The lowest BCUT2D eigenvalue weighted by Crippen LogP contribution is -2.47. The third-order valence-electron chi connectivity index (χ3n) is 5.09. The van der Waals surface area contributed by atoms with E-state index in [2.05, 4.69) is 10.3 Å². The molecule has 1 aliphatic rings. The molecule has 158 valence electrons. The van der Waals surface area contributed by atoms with Crippen LogP contribution >= 0.6 is 11.3 Å². The summed E-state index contributed by atoms with van der Waals surface area (Å²) in [6.07, 6.45) is 5.93. The van der Waals surface area contributed by atoms with Gasteiger partial charge in [0.25, 0.3) is 5.56 Å². The Balaban J connectivity index is 1.69. The molecule has 0 bridgehead atoms. The van der Waals surface area contributed by atoms with Gasteiger partial charge in [-0.25, -0.2) is 4.98 Å². The molecule has 2 heterocycles. The first-order chi connectivity index (χ1) is 13.7. The Morgan fingerprint density at radius 1 is 1.28 bits per heavy atom. The van der Waals surface area contributed by atoms with Crippen molar-refractivity contribution in [3.8, 4) is 0 Å². The van der Waals surface area contributed by atoms with Gasteiger partial charge in [0.15, 0.2) is 0 Å². The summed E-state index contributed by atoms with van der Waals surface area (Å²) in [5.41, 5.74) is 0.757. The van der Waals surface area contributed by atoms with Gasteiger partial charge in [-0.1, -0.05) is 0 Å². The summed E-state index contributed by atoms with van der Waals surface area (Å²) in [5, 5.41) is 3.60. The van der Waals surface area contributed by atoms with E-state index in [4.69, 9.17) is 0 Å². The van der Waals surface area contributed by atoms with Crippen LogP contribution in [-0.2, 0) is 29.0 Å². The predicted octanol–water partition coefficient (Wildman–Crippen LogP) is 2.49. The van der Waals surface area contributed by atoms with Gasteiger partial charge in [0.2, 0.25) is 11.8 Å². The Labute approximate surface area is 175 Å². The molecule has 2 amide bonds. The van der Waals surface area contributed by atoms with Crippen LogP contribution in [0.25, 0.3) is 10.2 Å². The fourth-order valence-corrected chi connectivity index (χ4v) is 4.94. The molecule has 0 saturated carbocycles. The number of nitrogens with one attached hydrogen (secondary N) is 1. The second-order valence-corrected chi connectivity index (χ2v) is 9.67. The average molecular weight is 419 g/mol. The number of rotatable bonds is 6. The molecule has 0 aliphatic heterocycles. The van der Waals surface area contributed by atoms with Crippen molar-refractivity contribution in [2.75, 3.05) is 13.1 Å². The third kappa shape index (κ3) is 5.04. The maximum atomic E-state index is 13.0. The first-order valence-corrected chi connectivity index (χ1v) is 11.1. The Kier molecular flexibility index (Phi) is 6.41. The largest absolute Gasteiger partial charge is 0.350 e. The van der Waals surface area contributed by atoms with E-state index in [1.54, 1.807) is 17.7 Å². The highest BCUT2D eigenvalue weighted by Gasteiger charge is 2.22. The number of likely N-dealkylation sites (N-methyl/N-ethyl adjacent to an activating group) is 1. The SMILES string of the molecule is CCN(CC(=O)NC(C)(C)C)C(=O)CCn1cnc2sc3c(c2c1=O)CCCC3. The monoisotopic (exact) mass is 418 g/mol.